The SMILES string of the molecule is O=C1OCCN1CCCSc1nnc(CNc2cccc(C(F)(F)F)c2)n1C1CCCCC1. The van der Waals surface area contributed by atoms with Gasteiger partial charge < -0.3 is 19.5 Å². The predicted molar refractivity (Wildman–Crippen MR) is 119 cm³/mol. The van der Waals surface area contributed by atoms with Crippen LogP contribution >= 0.6 is 11.8 Å². The Hall–Kier alpha value is -2.43. The summed E-state index contributed by atoms with van der Waals surface area (Å²) in [6.07, 6.45) is 1.77. The molecule has 4 rings (SSSR count). The molecule has 0 bridgehead atoms. The Labute approximate surface area is 195 Å². The Morgan fingerprint density at radius 3 is 2.73 bits per heavy atom. The summed E-state index contributed by atoms with van der Waals surface area (Å²) in [5.74, 6) is 1.51. The fraction of sp³-hybridized carbons (Fsp3) is 0.591. The minimum absolute atomic E-state index is 0.256. The molecule has 1 aromatic carbocycles. The van der Waals surface area contributed by atoms with Gasteiger partial charge in [-0.2, -0.15) is 13.2 Å². The van der Waals surface area contributed by atoms with E-state index in [2.05, 4.69) is 20.1 Å². The van der Waals surface area contributed by atoms with Gasteiger partial charge in [-0.3, -0.25) is 0 Å². The maximum Gasteiger partial charge on any atom is 0.416 e. The fourth-order valence-corrected chi connectivity index (χ4v) is 5.21. The first kappa shape index (κ1) is 23.7. The highest BCUT2D eigenvalue weighted by Gasteiger charge is 2.30. The molecule has 1 N–H and O–H groups in total. The summed E-state index contributed by atoms with van der Waals surface area (Å²) in [7, 11) is 0. The second-order valence-electron chi connectivity index (χ2n) is 8.30. The van der Waals surface area contributed by atoms with E-state index in [1.807, 2.05) is 0 Å². The molecule has 1 aliphatic carbocycles. The number of rotatable bonds is 9. The summed E-state index contributed by atoms with van der Waals surface area (Å²) in [5.41, 5.74) is -0.283. The minimum atomic E-state index is -4.38. The molecule has 1 saturated heterocycles. The Morgan fingerprint density at radius 1 is 1.18 bits per heavy atom. The summed E-state index contributed by atoms with van der Waals surface area (Å²) in [6.45, 7) is 2.02. The predicted octanol–water partition coefficient (Wildman–Crippen LogP) is 5.35. The number of anilines is 1. The van der Waals surface area contributed by atoms with Gasteiger partial charge in [-0.25, -0.2) is 4.79 Å². The first-order valence-corrected chi connectivity index (χ1v) is 12.3. The van der Waals surface area contributed by atoms with Crippen LogP contribution < -0.4 is 5.32 Å². The smallest absolute Gasteiger partial charge is 0.416 e. The van der Waals surface area contributed by atoms with Crippen LogP contribution in [-0.4, -0.2) is 51.2 Å². The Balaban J connectivity index is 1.41. The number of aromatic nitrogens is 3. The van der Waals surface area contributed by atoms with E-state index in [9.17, 15) is 18.0 Å². The molecule has 1 aromatic heterocycles. The number of amides is 1. The molecule has 2 aliphatic rings. The lowest BCUT2D eigenvalue weighted by atomic mass is 9.95. The largest absolute Gasteiger partial charge is 0.448 e. The number of thioether (sulfide) groups is 1. The van der Waals surface area contributed by atoms with Crippen LogP contribution in [0.2, 0.25) is 0 Å². The average molecular weight is 484 g/mol. The van der Waals surface area contributed by atoms with Crippen LogP contribution in [0.1, 0.15) is 56.0 Å². The molecule has 1 saturated carbocycles. The summed E-state index contributed by atoms with van der Waals surface area (Å²) < 4.78 is 46.2. The molecule has 0 atom stereocenters. The van der Waals surface area contributed by atoms with E-state index >= 15 is 0 Å². The maximum atomic E-state index is 13.0. The van der Waals surface area contributed by atoms with Crippen molar-refractivity contribution in [3.8, 4) is 0 Å². The van der Waals surface area contributed by atoms with E-state index in [1.165, 1.54) is 12.5 Å². The van der Waals surface area contributed by atoms with Gasteiger partial charge in [-0.05, 0) is 37.5 Å². The van der Waals surface area contributed by atoms with Crippen molar-refractivity contribution in [2.75, 3.05) is 30.8 Å². The van der Waals surface area contributed by atoms with E-state index in [-0.39, 0.29) is 6.09 Å². The number of hydrogen-bond donors (Lipinski definition) is 1. The number of alkyl halides is 3. The van der Waals surface area contributed by atoms with Crippen molar-refractivity contribution in [1.29, 1.82) is 0 Å². The maximum absolute atomic E-state index is 13.0. The molecule has 7 nitrogen and oxygen atoms in total. The van der Waals surface area contributed by atoms with Crippen LogP contribution in [0.5, 0.6) is 0 Å². The fourth-order valence-electron chi connectivity index (χ4n) is 4.27. The molecule has 1 amide bonds. The van der Waals surface area contributed by atoms with Crippen molar-refractivity contribution in [1.82, 2.24) is 19.7 Å². The van der Waals surface area contributed by atoms with Crippen LogP contribution in [0.4, 0.5) is 23.7 Å². The number of benzene rings is 1. The molecular weight excluding hydrogens is 455 g/mol. The lowest BCUT2D eigenvalue weighted by Crippen LogP contribution is -2.25. The third-order valence-electron chi connectivity index (χ3n) is 5.96. The van der Waals surface area contributed by atoms with Gasteiger partial charge in [0.2, 0.25) is 0 Å². The third kappa shape index (κ3) is 6.13. The molecule has 0 unspecified atom stereocenters. The number of ether oxygens (including phenoxy) is 1. The molecule has 2 aromatic rings. The zero-order valence-electron chi connectivity index (χ0n) is 18.3. The number of nitrogens with one attached hydrogen (secondary N) is 1. The average Bonchev–Trinajstić information content (AvgIpc) is 3.41. The van der Waals surface area contributed by atoms with Crippen LogP contribution in [0, 0.1) is 0 Å². The second-order valence-corrected chi connectivity index (χ2v) is 9.36. The van der Waals surface area contributed by atoms with E-state index in [1.54, 1.807) is 22.7 Å². The highest BCUT2D eigenvalue weighted by molar-refractivity contribution is 7.99. The van der Waals surface area contributed by atoms with Crippen molar-refractivity contribution < 1.29 is 22.7 Å². The van der Waals surface area contributed by atoms with E-state index in [0.717, 1.165) is 61.0 Å². The van der Waals surface area contributed by atoms with E-state index in [4.69, 9.17) is 4.74 Å². The van der Waals surface area contributed by atoms with Crippen LogP contribution in [0.3, 0.4) is 0 Å². The lowest BCUT2D eigenvalue weighted by molar-refractivity contribution is -0.137. The summed E-state index contributed by atoms with van der Waals surface area (Å²) >= 11 is 1.61. The molecule has 0 radical (unpaired) electrons. The molecule has 0 spiro atoms. The van der Waals surface area contributed by atoms with E-state index < -0.39 is 11.7 Å². The Bertz CT molecular complexity index is 946. The van der Waals surface area contributed by atoms with Gasteiger partial charge in [0.1, 0.15) is 6.61 Å². The second kappa shape index (κ2) is 10.7. The van der Waals surface area contributed by atoms with Crippen molar-refractivity contribution in [3.63, 3.8) is 0 Å². The Kier molecular flexibility index (Phi) is 7.67. The van der Waals surface area contributed by atoms with E-state index in [0.29, 0.717) is 38.0 Å². The molecule has 1 aliphatic heterocycles. The summed E-state index contributed by atoms with van der Waals surface area (Å²) in [4.78, 5) is 13.3. The van der Waals surface area contributed by atoms with Gasteiger partial charge in [-0.1, -0.05) is 37.1 Å². The molecule has 2 fully saturated rings. The zero-order valence-corrected chi connectivity index (χ0v) is 19.1. The van der Waals surface area contributed by atoms with Crippen LogP contribution in [-0.2, 0) is 17.5 Å². The van der Waals surface area contributed by atoms with Gasteiger partial charge in [0.05, 0.1) is 18.7 Å². The number of halogens is 3. The molecular formula is C22H28F3N5O2S. The van der Waals surface area contributed by atoms with Gasteiger partial charge in [-0.15, -0.1) is 10.2 Å². The molecule has 33 heavy (non-hydrogen) atoms. The minimum Gasteiger partial charge on any atom is -0.448 e. The molecule has 2 heterocycles. The van der Waals surface area contributed by atoms with Crippen molar-refractivity contribution in [2.24, 2.45) is 0 Å². The van der Waals surface area contributed by atoms with Crippen molar-refractivity contribution in [3.05, 3.63) is 35.7 Å². The van der Waals surface area contributed by atoms with Gasteiger partial charge >= 0.3 is 12.3 Å². The monoisotopic (exact) mass is 483 g/mol. The topological polar surface area (TPSA) is 72.3 Å². The van der Waals surface area contributed by atoms with Crippen LogP contribution in [0.25, 0.3) is 0 Å². The standard InChI is InChI=1S/C22H28F3N5O2S/c23-22(24,25)16-6-4-7-17(14-16)26-15-19-27-28-20(30(19)18-8-2-1-3-9-18)33-13-5-10-29-11-12-32-21(29)31/h4,6-7,14,18,26H,1-3,5,8-13,15H2. The van der Waals surface area contributed by atoms with Gasteiger partial charge in [0.15, 0.2) is 11.0 Å². The normalized spacial score (nSPS) is 17.4. The van der Waals surface area contributed by atoms with Crippen molar-refractivity contribution >= 4 is 23.5 Å². The number of nitrogens with zero attached hydrogens (tertiary/aromatic N) is 4. The van der Waals surface area contributed by atoms with Gasteiger partial charge in [0.25, 0.3) is 0 Å². The number of carbonyl (C=O) groups is 1. The summed E-state index contributed by atoms with van der Waals surface area (Å²) in [5, 5.41) is 12.7. The molecule has 11 heteroatoms. The lowest BCUT2D eigenvalue weighted by Gasteiger charge is -2.25. The highest BCUT2D eigenvalue weighted by atomic mass is 32.2. The molecule has 180 valence electrons. The number of carbonyl (C=O) groups excluding carboxylic acids is 1. The Morgan fingerprint density at radius 2 is 2.00 bits per heavy atom. The third-order valence-corrected chi connectivity index (χ3v) is 6.99. The zero-order chi connectivity index (χ0) is 23.3. The number of hydrogen-bond acceptors (Lipinski definition) is 6. The first-order valence-electron chi connectivity index (χ1n) is 11.3. The van der Waals surface area contributed by atoms with Gasteiger partial charge in [0, 0.05) is 24.0 Å². The summed E-state index contributed by atoms with van der Waals surface area (Å²) in [6, 6.07) is 5.49. The van der Waals surface area contributed by atoms with Crippen molar-refractivity contribution in [2.45, 2.75) is 62.4 Å². The quantitative estimate of drug-likeness (QED) is 0.383. The van der Waals surface area contributed by atoms with Crippen LogP contribution in [0.15, 0.2) is 29.4 Å². The highest BCUT2D eigenvalue weighted by Crippen LogP contribution is 2.34. The number of cyclic esters (lactones) is 1. The first-order chi connectivity index (χ1) is 15.9.